The lowest BCUT2D eigenvalue weighted by atomic mass is 10.1. The minimum absolute atomic E-state index is 0.283. The number of hydrogen-bond acceptors (Lipinski definition) is 2. The summed E-state index contributed by atoms with van der Waals surface area (Å²) in [7, 11) is 1.37. The predicted molar refractivity (Wildman–Crippen MR) is 53.6 cm³/mol. The lowest BCUT2D eigenvalue weighted by molar-refractivity contribution is -0.148. The van der Waals surface area contributed by atoms with Crippen molar-refractivity contribution in [1.29, 1.82) is 0 Å². The number of methoxy groups -OCH3 is 1. The molecule has 0 saturated carbocycles. The van der Waals surface area contributed by atoms with E-state index < -0.39 is 12.1 Å². The van der Waals surface area contributed by atoms with Gasteiger partial charge in [0.1, 0.15) is 0 Å². The maximum atomic E-state index is 10.7. The van der Waals surface area contributed by atoms with E-state index in [9.17, 15) is 4.79 Å². The molecule has 4 heteroatoms. The van der Waals surface area contributed by atoms with Gasteiger partial charge in [0, 0.05) is 18.6 Å². The first-order chi connectivity index (χ1) is 6.65. The monoisotopic (exact) mass is 214 g/mol. The van der Waals surface area contributed by atoms with E-state index in [0.29, 0.717) is 5.02 Å². The highest BCUT2D eigenvalue weighted by Gasteiger charge is 2.17. The first kappa shape index (κ1) is 11.0. The van der Waals surface area contributed by atoms with Gasteiger partial charge >= 0.3 is 5.97 Å². The molecule has 1 rings (SSSR count). The highest BCUT2D eigenvalue weighted by molar-refractivity contribution is 6.31. The van der Waals surface area contributed by atoms with Crippen molar-refractivity contribution in [2.45, 2.75) is 12.5 Å². The van der Waals surface area contributed by atoms with Crippen molar-refractivity contribution in [1.82, 2.24) is 0 Å². The summed E-state index contributed by atoms with van der Waals surface area (Å²) in [6.07, 6.45) is -0.555. The maximum absolute atomic E-state index is 10.7. The molecule has 0 radical (unpaired) electrons. The Kier molecular flexibility index (Phi) is 3.92. The smallest absolute Gasteiger partial charge is 0.333 e. The molecule has 1 aromatic carbocycles. The predicted octanol–water partition coefficient (Wildman–Crippen LogP) is 1.98. The molecule has 0 aliphatic heterocycles. The number of rotatable bonds is 4. The highest BCUT2D eigenvalue weighted by atomic mass is 35.5. The van der Waals surface area contributed by atoms with Crippen LogP contribution in [0, 0.1) is 0 Å². The van der Waals surface area contributed by atoms with Crippen LogP contribution in [-0.2, 0) is 16.0 Å². The zero-order valence-corrected chi connectivity index (χ0v) is 8.49. The fourth-order valence-corrected chi connectivity index (χ4v) is 1.35. The summed E-state index contributed by atoms with van der Waals surface area (Å²) in [6, 6.07) is 7.13. The maximum Gasteiger partial charge on any atom is 0.333 e. The minimum Gasteiger partial charge on any atom is -0.479 e. The summed E-state index contributed by atoms with van der Waals surface area (Å²) in [4.78, 5) is 10.7. The summed E-state index contributed by atoms with van der Waals surface area (Å²) in [5.74, 6) is -0.979. The van der Waals surface area contributed by atoms with Crippen LogP contribution < -0.4 is 0 Å². The van der Waals surface area contributed by atoms with E-state index in [2.05, 4.69) is 0 Å². The van der Waals surface area contributed by atoms with E-state index in [1.807, 2.05) is 6.07 Å². The molecule has 14 heavy (non-hydrogen) atoms. The molecular formula is C10H11ClO3. The van der Waals surface area contributed by atoms with Gasteiger partial charge in [-0.15, -0.1) is 0 Å². The number of halogens is 1. The van der Waals surface area contributed by atoms with Gasteiger partial charge < -0.3 is 9.84 Å². The molecule has 0 saturated heterocycles. The molecular weight excluding hydrogens is 204 g/mol. The second kappa shape index (κ2) is 4.98. The normalized spacial score (nSPS) is 12.4. The second-order valence-corrected chi connectivity index (χ2v) is 3.27. The number of hydrogen-bond donors (Lipinski definition) is 1. The molecule has 3 nitrogen and oxygen atoms in total. The van der Waals surface area contributed by atoms with Gasteiger partial charge in [-0.05, 0) is 11.6 Å². The Morgan fingerprint density at radius 1 is 1.57 bits per heavy atom. The average molecular weight is 215 g/mol. The van der Waals surface area contributed by atoms with E-state index in [1.165, 1.54) is 7.11 Å². The van der Waals surface area contributed by atoms with Gasteiger partial charge in [0.05, 0.1) is 0 Å². The van der Waals surface area contributed by atoms with Crippen LogP contribution in [0.4, 0.5) is 0 Å². The molecule has 0 spiro atoms. The number of carboxylic acid groups (broad SMARTS) is 1. The van der Waals surface area contributed by atoms with Crippen LogP contribution in [0.25, 0.3) is 0 Å². The lowest BCUT2D eigenvalue weighted by Crippen LogP contribution is -2.24. The van der Waals surface area contributed by atoms with Gasteiger partial charge in [-0.25, -0.2) is 4.79 Å². The molecule has 0 aliphatic carbocycles. The third-order valence-electron chi connectivity index (χ3n) is 1.92. The SMILES string of the molecule is COC(Cc1ccccc1Cl)C(=O)O. The third kappa shape index (κ3) is 2.72. The van der Waals surface area contributed by atoms with Crippen LogP contribution in [0.5, 0.6) is 0 Å². The zero-order valence-electron chi connectivity index (χ0n) is 7.74. The van der Waals surface area contributed by atoms with Gasteiger partial charge in [0.25, 0.3) is 0 Å². The van der Waals surface area contributed by atoms with Crippen LogP contribution in [0.15, 0.2) is 24.3 Å². The van der Waals surface area contributed by atoms with E-state index in [4.69, 9.17) is 21.4 Å². The van der Waals surface area contributed by atoms with Crippen molar-refractivity contribution >= 4 is 17.6 Å². The summed E-state index contributed by atoms with van der Waals surface area (Å²) in [5, 5.41) is 9.32. The number of benzene rings is 1. The zero-order chi connectivity index (χ0) is 10.6. The number of aliphatic carboxylic acids is 1. The Balaban J connectivity index is 2.77. The molecule has 1 aromatic rings. The summed E-state index contributed by atoms with van der Waals surface area (Å²) in [6.45, 7) is 0. The van der Waals surface area contributed by atoms with E-state index in [1.54, 1.807) is 18.2 Å². The number of ether oxygens (including phenoxy) is 1. The van der Waals surface area contributed by atoms with Crippen LogP contribution in [0.1, 0.15) is 5.56 Å². The first-order valence-electron chi connectivity index (χ1n) is 4.14. The molecule has 1 atom stereocenters. The van der Waals surface area contributed by atoms with Crippen LogP contribution in [0.3, 0.4) is 0 Å². The molecule has 0 aromatic heterocycles. The van der Waals surface area contributed by atoms with Gasteiger partial charge in [-0.2, -0.15) is 0 Å². The molecule has 0 heterocycles. The van der Waals surface area contributed by atoms with Crippen molar-refractivity contribution in [3.05, 3.63) is 34.9 Å². The fraction of sp³-hybridized carbons (Fsp3) is 0.300. The van der Waals surface area contributed by atoms with Crippen molar-refractivity contribution in [3.8, 4) is 0 Å². The van der Waals surface area contributed by atoms with Crippen molar-refractivity contribution in [2.75, 3.05) is 7.11 Å². The van der Waals surface area contributed by atoms with Crippen molar-refractivity contribution in [3.63, 3.8) is 0 Å². The highest BCUT2D eigenvalue weighted by Crippen LogP contribution is 2.17. The van der Waals surface area contributed by atoms with E-state index >= 15 is 0 Å². The second-order valence-electron chi connectivity index (χ2n) is 2.86. The molecule has 0 amide bonds. The van der Waals surface area contributed by atoms with Gasteiger partial charge in [-0.1, -0.05) is 29.8 Å². The summed E-state index contributed by atoms with van der Waals surface area (Å²) >= 11 is 5.88. The lowest BCUT2D eigenvalue weighted by Gasteiger charge is -2.10. The Morgan fingerprint density at radius 2 is 2.21 bits per heavy atom. The van der Waals surface area contributed by atoms with Crippen LogP contribution >= 0.6 is 11.6 Å². The molecule has 0 aliphatic rings. The standard InChI is InChI=1S/C10H11ClO3/c1-14-9(10(12)13)6-7-4-2-3-5-8(7)11/h2-5,9H,6H2,1H3,(H,12,13). The molecule has 0 fully saturated rings. The van der Waals surface area contributed by atoms with Crippen LogP contribution in [0.2, 0.25) is 5.02 Å². The Labute approximate surface area is 87.3 Å². The third-order valence-corrected chi connectivity index (χ3v) is 2.29. The van der Waals surface area contributed by atoms with Gasteiger partial charge in [-0.3, -0.25) is 0 Å². The molecule has 1 unspecified atom stereocenters. The largest absolute Gasteiger partial charge is 0.479 e. The Morgan fingerprint density at radius 3 is 2.71 bits per heavy atom. The molecule has 76 valence electrons. The van der Waals surface area contributed by atoms with E-state index in [0.717, 1.165) is 5.56 Å². The van der Waals surface area contributed by atoms with Crippen molar-refractivity contribution < 1.29 is 14.6 Å². The van der Waals surface area contributed by atoms with Crippen LogP contribution in [-0.4, -0.2) is 24.3 Å². The Bertz CT molecular complexity index is 325. The Hall–Kier alpha value is -1.06. The average Bonchev–Trinajstić information content (AvgIpc) is 2.16. The molecule has 0 bridgehead atoms. The molecule has 1 N–H and O–H groups in total. The quantitative estimate of drug-likeness (QED) is 0.834. The van der Waals surface area contributed by atoms with Crippen molar-refractivity contribution in [2.24, 2.45) is 0 Å². The summed E-state index contributed by atoms with van der Waals surface area (Å²) in [5.41, 5.74) is 0.781. The van der Waals surface area contributed by atoms with Gasteiger partial charge in [0.15, 0.2) is 6.10 Å². The topological polar surface area (TPSA) is 46.5 Å². The first-order valence-corrected chi connectivity index (χ1v) is 4.52. The van der Waals surface area contributed by atoms with Gasteiger partial charge in [0.2, 0.25) is 0 Å². The number of carbonyl (C=O) groups is 1. The summed E-state index contributed by atoms with van der Waals surface area (Å²) < 4.78 is 4.81. The number of carboxylic acids is 1. The van der Waals surface area contributed by atoms with E-state index in [-0.39, 0.29) is 6.42 Å². The minimum atomic E-state index is -0.979. The fourth-order valence-electron chi connectivity index (χ4n) is 1.14.